The lowest BCUT2D eigenvalue weighted by molar-refractivity contribution is 0.355. The zero-order chi connectivity index (χ0) is 15.5. The van der Waals surface area contributed by atoms with Gasteiger partial charge in [-0.3, -0.25) is 4.90 Å². The molecule has 3 N–H and O–H groups in total. The van der Waals surface area contributed by atoms with Crippen LogP contribution in [0, 0.1) is 0 Å². The van der Waals surface area contributed by atoms with Gasteiger partial charge in [0.1, 0.15) is 0 Å². The number of hydrogen-bond acceptors (Lipinski definition) is 5. The van der Waals surface area contributed by atoms with Crippen LogP contribution in [0.3, 0.4) is 0 Å². The monoisotopic (exact) mass is 311 g/mol. The van der Waals surface area contributed by atoms with E-state index < -0.39 is 0 Å². The predicted molar refractivity (Wildman–Crippen MR) is 94.6 cm³/mol. The summed E-state index contributed by atoms with van der Waals surface area (Å²) in [6.45, 7) is 15.7. The first-order chi connectivity index (χ1) is 10.9. The fourth-order valence-corrected chi connectivity index (χ4v) is 2.81. The number of rotatable bonds is 16. The van der Waals surface area contributed by atoms with E-state index in [2.05, 4.69) is 32.7 Å². The summed E-state index contributed by atoms with van der Waals surface area (Å²) in [7, 11) is 0. The lowest BCUT2D eigenvalue weighted by Gasteiger charge is -2.19. The van der Waals surface area contributed by atoms with E-state index in [0.29, 0.717) is 6.04 Å². The van der Waals surface area contributed by atoms with Gasteiger partial charge < -0.3 is 20.9 Å². The average Bonchev–Trinajstić information content (AvgIpc) is 3.40. The second-order valence-corrected chi connectivity index (χ2v) is 6.75. The minimum Gasteiger partial charge on any atom is -0.317 e. The molecular formula is C17H37N5. The minimum atomic E-state index is 0.694. The summed E-state index contributed by atoms with van der Waals surface area (Å²) in [6, 6.07) is 0.694. The first-order valence-electron chi connectivity index (χ1n) is 9.48. The highest BCUT2D eigenvalue weighted by atomic mass is 15.3. The third-order valence-electron chi connectivity index (χ3n) is 4.51. The maximum absolute atomic E-state index is 3.65. The van der Waals surface area contributed by atoms with Crippen molar-refractivity contribution < 1.29 is 0 Å². The van der Waals surface area contributed by atoms with Gasteiger partial charge in [0.25, 0.3) is 0 Å². The minimum absolute atomic E-state index is 0.694. The van der Waals surface area contributed by atoms with Crippen LogP contribution in [0.25, 0.3) is 0 Å². The van der Waals surface area contributed by atoms with Gasteiger partial charge in [-0.15, -0.1) is 0 Å². The van der Waals surface area contributed by atoms with Crippen LogP contribution in [0.5, 0.6) is 0 Å². The normalized spacial score (nSPS) is 19.5. The van der Waals surface area contributed by atoms with Crippen LogP contribution in [0.15, 0.2) is 0 Å². The molecule has 2 fully saturated rings. The van der Waals surface area contributed by atoms with Crippen LogP contribution in [0.1, 0.15) is 32.6 Å². The standard InChI is InChI=1S/C17H37N5/c1-2-6-18-7-3-4-8-19-15-17(22-13-14-22)16-20-9-5-10-21-11-12-21/h17-20H,2-16H2,1H3. The van der Waals surface area contributed by atoms with E-state index in [0.717, 1.165) is 26.2 Å². The van der Waals surface area contributed by atoms with E-state index in [9.17, 15) is 0 Å². The second kappa shape index (κ2) is 11.4. The Bertz CT molecular complexity index is 266. The predicted octanol–water partition coefficient (Wildman–Crippen LogP) is 0.335. The Morgan fingerprint density at radius 3 is 2.00 bits per heavy atom. The maximum atomic E-state index is 3.65. The van der Waals surface area contributed by atoms with Crippen LogP contribution in [-0.4, -0.2) is 87.8 Å². The van der Waals surface area contributed by atoms with Gasteiger partial charge >= 0.3 is 0 Å². The summed E-state index contributed by atoms with van der Waals surface area (Å²) in [5.74, 6) is 0. The third kappa shape index (κ3) is 9.06. The Morgan fingerprint density at radius 1 is 0.773 bits per heavy atom. The number of unbranched alkanes of at least 4 members (excludes halogenated alkanes) is 1. The van der Waals surface area contributed by atoms with Gasteiger partial charge in [0.2, 0.25) is 0 Å². The van der Waals surface area contributed by atoms with E-state index in [-0.39, 0.29) is 0 Å². The van der Waals surface area contributed by atoms with Crippen molar-refractivity contribution in [3.8, 4) is 0 Å². The molecule has 2 aliphatic rings. The molecule has 2 aliphatic heterocycles. The molecule has 0 amide bonds. The molecule has 0 radical (unpaired) electrons. The number of nitrogens with one attached hydrogen (secondary N) is 3. The highest BCUT2D eigenvalue weighted by molar-refractivity contribution is 4.85. The van der Waals surface area contributed by atoms with Gasteiger partial charge in [-0.2, -0.15) is 0 Å². The quantitative estimate of drug-likeness (QED) is 0.283. The molecule has 0 aromatic carbocycles. The van der Waals surface area contributed by atoms with Gasteiger partial charge in [-0.05, 0) is 58.4 Å². The van der Waals surface area contributed by atoms with Gasteiger partial charge in [0.15, 0.2) is 0 Å². The van der Waals surface area contributed by atoms with E-state index in [1.807, 2.05) is 0 Å². The molecule has 1 atom stereocenters. The van der Waals surface area contributed by atoms with Gasteiger partial charge in [-0.1, -0.05) is 6.92 Å². The molecule has 22 heavy (non-hydrogen) atoms. The molecular weight excluding hydrogens is 274 g/mol. The molecule has 1 unspecified atom stereocenters. The first kappa shape index (κ1) is 18.1. The van der Waals surface area contributed by atoms with E-state index in [1.54, 1.807) is 0 Å². The highest BCUT2D eigenvalue weighted by Gasteiger charge is 2.26. The van der Waals surface area contributed by atoms with Crippen molar-refractivity contribution in [3.63, 3.8) is 0 Å². The molecule has 5 nitrogen and oxygen atoms in total. The van der Waals surface area contributed by atoms with Crippen molar-refractivity contribution in [3.05, 3.63) is 0 Å². The molecule has 0 bridgehead atoms. The Kier molecular flexibility index (Phi) is 9.36. The van der Waals surface area contributed by atoms with Crippen LogP contribution in [0.4, 0.5) is 0 Å². The van der Waals surface area contributed by atoms with Crippen LogP contribution in [0.2, 0.25) is 0 Å². The van der Waals surface area contributed by atoms with Crippen LogP contribution >= 0.6 is 0 Å². The molecule has 2 saturated heterocycles. The lowest BCUT2D eigenvalue weighted by atomic mass is 10.2. The van der Waals surface area contributed by atoms with Crippen molar-refractivity contribution in [2.24, 2.45) is 0 Å². The van der Waals surface area contributed by atoms with Gasteiger partial charge in [0.05, 0.1) is 0 Å². The number of hydrogen-bond donors (Lipinski definition) is 3. The Hall–Kier alpha value is -0.200. The van der Waals surface area contributed by atoms with Gasteiger partial charge in [0, 0.05) is 45.3 Å². The fourth-order valence-electron chi connectivity index (χ4n) is 2.81. The molecule has 0 spiro atoms. The Morgan fingerprint density at radius 2 is 1.41 bits per heavy atom. The summed E-state index contributed by atoms with van der Waals surface area (Å²) < 4.78 is 0. The van der Waals surface area contributed by atoms with Crippen molar-refractivity contribution in [2.45, 2.75) is 38.6 Å². The summed E-state index contributed by atoms with van der Waals surface area (Å²) >= 11 is 0. The highest BCUT2D eigenvalue weighted by Crippen LogP contribution is 2.09. The smallest absolute Gasteiger partial charge is 0.0346 e. The van der Waals surface area contributed by atoms with Crippen LogP contribution < -0.4 is 16.0 Å². The maximum Gasteiger partial charge on any atom is 0.0346 e. The third-order valence-corrected chi connectivity index (χ3v) is 4.51. The van der Waals surface area contributed by atoms with E-state index >= 15 is 0 Å². The SMILES string of the molecule is CCCNCCCCNCC(CNCCCN1CC1)N1CC1. The zero-order valence-corrected chi connectivity index (χ0v) is 14.6. The first-order valence-corrected chi connectivity index (χ1v) is 9.48. The fraction of sp³-hybridized carbons (Fsp3) is 1.00. The summed E-state index contributed by atoms with van der Waals surface area (Å²) in [4.78, 5) is 5.08. The summed E-state index contributed by atoms with van der Waals surface area (Å²) in [5, 5.41) is 10.8. The topological polar surface area (TPSA) is 42.1 Å². The molecule has 2 rings (SSSR count). The molecule has 0 aromatic heterocycles. The second-order valence-electron chi connectivity index (χ2n) is 6.75. The Labute approximate surface area is 137 Å². The summed E-state index contributed by atoms with van der Waals surface area (Å²) in [6.07, 6.45) is 5.11. The van der Waals surface area contributed by atoms with Crippen molar-refractivity contribution in [1.29, 1.82) is 0 Å². The molecule has 0 saturated carbocycles. The molecule has 0 aromatic rings. The lowest BCUT2D eigenvalue weighted by Crippen LogP contribution is -2.41. The van der Waals surface area contributed by atoms with Crippen LogP contribution in [-0.2, 0) is 0 Å². The Balaban J connectivity index is 1.39. The van der Waals surface area contributed by atoms with Crippen molar-refractivity contribution in [2.75, 3.05) is 72.0 Å². The largest absolute Gasteiger partial charge is 0.317 e. The zero-order valence-electron chi connectivity index (χ0n) is 14.6. The molecule has 0 aliphatic carbocycles. The van der Waals surface area contributed by atoms with E-state index in [4.69, 9.17) is 0 Å². The van der Waals surface area contributed by atoms with Gasteiger partial charge in [-0.25, -0.2) is 0 Å². The van der Waals surface area contributed by atoms with Crippen molar-refractivity contribution >= 4 is 0 Å². The van der Waals surface area contributed by atoms with Crippen molar-refractivity contribution in [1.82, 2.24) is 25.8 Å². The molecule has 2 heterocycles. The number of nitrogens with zero attached hydrogens (tertiary/aromatic N) is 2. The summed E-state index contributed by atoms with van der Waals surface area (Å²) in [5.41, 5.74) is 0. The average molecular weight is 312 g/mol. The molecule has 5 heteroatoms. The van der Waals surface area contributed by atoms with E-state index in [1.165, 1.54) is 71.5 Å². The molecule has 130 valence electrons.